The lowest BCUT2D eigenvalue weighted by Crippen LogP contribution is -1.96. The van der Waals surface area contributed by atoms with Gasteiger partial charge in [-0.25, -0.2) is 24.9 Å². The van der Waals surface area contributed by atoms with Crippen LogP contribution >= 0.6 is 0 Å². The average Bonchev–Trinajstić information content (AvgIpc) is 1.71. The summed E-state index contributed by atoms with van der Waals surface area (Å²) in [6, 6.07) is 110. The summed E-state index contributed by atoms with van der Waals surface area (Å²) in [5, 5.41) is 4.53. The molecule has 0 amide bonds. The number of H-pyrrole nitrogens is 1. The number of benzene rings is 12. The molecule has 9 nitrogen and oxygen atoms in total. The maximum absolute atomic E-state index is 6.06. The Bertz CT molecular complexity index is 5740. The lowest BCUT2D eigenvalue weighted by atomic mass is 9.98. The highest BCUT2D eigenvalue weighted by Crippen LogP contribution is 2.38. The van der Waals surface area contributed by atoms with E-state index in [9.17, 15) is 0 Å². The van der Waals surface area contributed by atoms with Gasteiger partial charge in [0, 0.05) is 61.1 Å². The van der Waals surface area contributed by atoms with E-state index in [1.165, 1.54) is 11.1 Å². The van der Waals surface area contributed by atoms with Crippen molar-refractivity contribution in [1.29, 1.82) is 0 Å². The first kappa shape index (κ1) is 56.0. The van der Waals surface area contributed by atoms with Crippen molar-refractivity contribution in [3.63, 3.8) is 0 Å². The van der Waals surface area contributed by atoms with E-state index in [0.29, 0.717) is 11.6 Å². The zero-order chi connectivity index (χ0) is 63.0. The minimum absolute atomic E-state index is 0.681. The van der Waals surface area contributed by atoms with Crippen molar-refractivity contribution >= 4 is 54.9 Å². The lowest BCUT2D eigenvalue weighted by molar-refractivity contribution is 0.668. The van der Waals surface area contributed by atoms with Gasteiger partial charge in [0.1, 0.15) is 28.2 Å². The SMILES string of the molecule is c1ccc(-c2cc(-c3ccc(-c4ccc5oc6ccccc6c5c4)cc3)nc(-c3ccc(-c4ccc5nc(-c6ccccc6)[nH]c5c4)cc3)n2)cc1.c1ccc(-c2nc(-c3ccc(-c4ccc(-c5ccc6oc7ccccc7c6c5)cc4)cc3)cc(-c3ccccn3)n2)cc1. The molecule has 1 N–H and O–H groups in total. The molecule has 0 unspecified atom stereocenters. The third-order valence-electron chi connectivity index (χ3n) is 17.5. The van der Waals surface area contributed by atoms with Gasteiger partial charge in [-0.3, -0.25) is 4.98 Å². The van der Waals surface area contributed by atoms with Crippen molar-refractivity contribution in [3.8, 4) is 124 Å². The molecular formula is C86H55N7O2. The van der Waals surface area contributed by atoms with Crippen molar-refractivity contribution in [1.82, 2.24) is 34.9 Å². The van der Waals surface area contributed by atoms with E-state index >= 15 is 0 Å². The van der Waals surface area contributed by atoms with E-state index in [1.807, 2.05) is 115 Å². The number of fused-ring (bicyclic) bond motifs is 7. The highest BCUT2D eigenvalue weighted by molar-refractivity contribution is 6.07. The molecule has 0 aliphatic heterocycles. The smallest absolute Gasteiger partial charge is 0.160 e. The van der Waals surface area contributed by atoms with Gasteiger partial charge in [0.05, 0.1) is 39.5 Å². The van der Waals surface area contributed by atoms with Crippen LogP contribution in [0.5, 0.6) is 0 Å². The standard InChI is InChI=1S/C47H30N4O.C39H25N3O/c1-3-9-32(10-4-1)41-29-42(33-19-15-30(16-20-33)36-24-26-45-39(27-36)38-13-7-8-14-44(38)52-45)50-47(49-41)35-21-17-31(18-22-35)37-23-25-40-43(28-37)51-46(48-40)34-11-5-2-6-12-34;1-2-8-30(9-3-1)39-41-35(25-36(42-39)34-11-6-7-23-40-34)29-19-17-27(18-20-29)26-13-15-28(16-14-26)31-21-22-38-33(24-31)32-10-4-5-12-37(32)43-38/h1-29H,(H,48,51);1-25H. The van der Waals surface area contributed by atoms with Crippen LogP contribution in [0.3, 0.4) is 0 Å². The first-order valence-corrected chi connectivity index (χ1v) is 31.6. The van der Waals surface area contributed by atoms with E-state index < -0.39 is 0 Å². The Morgan fingerprint density at radius 2 is 0.579 bits per heavy atom. The van der Waals surface area contributed by atoms with Crippen LogP contribution in [0.1, 0.15) is 0 Å². The van der Waals surface area contributed by atoms with Gasteiger partial charge in [0.25, 0.3) is 0 Å². The number of nitrogens with one attached hydrogen (secondary N) is 1. The number of pyridine rings is 1. The number of nitrogens with zero attached hydrogens (tertiary/aromatic N) is 6. The molecule has 0 bridgehead atoms. The zero-order valence-corrected chi connectivity index (χ0v) is 51.2. The third kappa shape index (κ3) is 11.3. The monoisotopic (exact) mass is 1220 g/mol. The summed E-state index contributed by atoms with van der Waals surface area (Å²) in [7, 11) is 0. The first-order chi connectivity index (χ1) is 47.0. The van der Waals surface area contributed by atoms with Crippen LogP contribution in [0.4, 0.5) is 0 Å². The normalized spacial score (nSPS) is 11.4. The van der Waals surface area contributed by atoms with Crippen molar-refractivity contribution < 1.29 is 8.83 Å². The maximum Gasteiger partial charge on any atom is 0.160 e. The fourth-order valence-electron chi connectivity index (χ4n) is 12.5. The van der Waals surface area contributed by atoms with Gasteiger partial charge >= 0.3 is 0 Å². The Kier molecular flexibility index (Phi) is 14.4. The van der Waals surface area contributed by atoms with Crippen LogP contribution in [0.15, 0.2) is 337 Å². The first-order valence-electron chi connectivity index (χ1n) is 31.6. The van der Waals surface area contributed by atoms with Crippen LogP contribution in [0.2, 0.25) is 0 Å². The van der Waals surface area contributed by atoms with Gasteiger partial charge in [0.2, 0.25) is 0 Å². The van der Waals surface area contributed by atoms with Crippen LogP contribution in [0.25, 0.3) is 179 Å². The molecule has 9 heteroatoms. The molecule has 95 heavy (non-hydrogen) atoms. The summed E-state index contributed by atoms with van der Waals surface area (Å²) in [5.41, 5.74) is 25.0. The number of aromatic nitrogens is 7. The summed E-state index contributed by atoms with van der Waals surface area (Å²) >= 11 is 0. The number of rotatable bonds is 11. The Hall–Kier alpha value is -13.0. The minimum Gasteiger partial charge on any atom is -0.456 e. The molecule has 0 saturated heterocycles. The van der Waals surface area contributed by atoms with Gasteiger partial charge in [-0.1, -0.05) is 249 Å². The largest absolute Gasteiger partial charge is 0.456 e. The number of para-hydroxylation sites is 2. The Morgan fingerprint density at radius 3 is 1.08 bits per heavy atom. The second-order valence-corrected chi connectivity index (χ2v) is 23.5. The topological polar surface area (TPSA) is 119 Å². The van der Waals surface area contributed by atoms with Crippen LogP contribution in [0, 0.1) is 0 Å². The molecule has 18 rings (SSSR count). The number of aromatic amines is 1. The van der Waals surface area contributed by atoms with Crippen LogP contribution in [-0.2, 0) is 0 Å². The predicted molar refractivity (Wildman–Crippen MR) is 386 cm³/mol. The van der Waals surface area contributed by atoms with E-state index in [0.717, 1.165) is 156 Å². The molecule has 18 aromatic rings. The highest BCUT2D eigenvalue weighted by atomic mass is 16.3. The summed E-state index contributed by atoms with van der Waals surface area (Å²) in [6.45, 7) is 0. The molecule has 6 aromatic heterocycles. The molecule has 0 spiro atoms. The van der Waals surface area contributed by atoms with Crippen molar-refractivity contribution in [3.05, 3.63) is 328 Å². The fraction of sp³-hybridized carbons (Fsp3) is 0. The number of hydrogen-bond acceptors (Lipinski definition) is 8. The molecule has 6 heterocycles. The van der Waals surface area contributed by atoms with E-state index in [-0.39, 0.29) is 0 Å². The highest BCUT2D eigenvalue weighted by Gasteiger charge is 2.17. The second kappa shape index (κ2) is 24.3. The third-order valence-corrected chi connectivity index (χ3v) is 17.5. The molecule has 0 saturated carbocycles. The summed E-state index contributed by atoms with van der Waals surface area (Å²) in [4.78, 5) is 32.8. The molecule has 0 radical (unpaired) electrons. The molecule has 446 valence electrons. The van der Waals surface area contributed by atoms with Crippen molar-refractivity contribution in [2.45, 2.75) is 0 Å². The second-order valence-electron chi connectivity index (χ2n) is 23.5. The Labute approximate surface area is 547 Å². The van der Waals surface area contributed by atoms with E-state index in [1.54, 1.807) is 6.20 Å². The molecule has 0 fully saturated rings. The summed E-state index contributed by atoms with van der Waals surface area (Å²) < 4.78 is 12.1. The molecule has 0 aliphatic carbocycles. The quantitative estimate of drug-likeness (QED) is 0.136. The number of hydrogen-bond donors (Lipinski definition) is 1. The molecule has 0 atom stereocenters. The number of imidazole rings is 1. The van der Waals surface area contributed by atoms with Gasteiger partial charge in [-0.05, 0) is 117 Å². The summed E-state index contributed by atoms with van der Waals surface area (Å²) in [5.74, 6) is 2.23. The van der Waals surface area contributed by atoms with Gasteiger partial charge in [0.15, 0.2) is 11.6 Å². The van der Waals surface area contributed by atoms with Crippen molar-refractivity contribution in [2.75, 3.05) is 0 Å². The molecular weight excluding hydrogens is 1160 g/mol. The van der Waals surface area contributed by atoms with Gasteiger partial charge in [-0.2, -0.15) is 0 Å². The average molecular weight is 1220 g/mol. The maximum atomic E-state index is 6.06. The number of furan rings is 2. The van der Waals surface area contributed by atoms with Crippen molar-refractivity contribution in [2.24, 2.45) is 0 Å². The zero-order valence-electron chi connectivity index (χ0n) is 51.2. The minimum atomic E-state index is 0.681. The van der Waals surface area contributed by atoms with Crippen LogP contribution < -0.4 is 0 Å². The predicted octanol–water partition coefficient (Wildman–Crippen LogP) is 22.4. The van der Waals surface area contributed by atoms with Gasteiger partial charge < -0.3 is 13.8 Å². The van der Waals surface area contributed by atoms with Crippen LogP contribution in [-0.4, -0.2) is 34.9 Å². The van der Waals surface area contributed by atoms with Gasteiger partial charge in [-0.15, -0.1) is 0 Å². The molecule has 12 aromatic carbocycles. The Morgan fingerprint density at radius 1 is 0.221 bits per heavy atom. The lowest BCUT2D eigenvalue weighted by Gasteiger charge is -2.11. The Balaban J connectivity index is 0.000000147. The molecule has 0 aliphatic rings. The van der Waals surface area contributed by atoms with E-state index in [4.69, 9.17) is 33.8 Å². The summed E-state index contributed by atoms with van der Waals surface area (Å²) in [6.07, 6.45) is 1.79. The fourth-order valence-corrected chi connectivity index (χ4v) is 12.5. The van der Waals surface area contributed by atoms with E-state index in [2.05, 4.69) is 216 Å².